The van der Waals surface area contributed by atoms with Gasteiger partial charge in [0.05, 0.1) is 5.75 Å². The highest BCUT2D eigenvalue weighted by molar-refractivity contribution is 7.89. The van der Waals surface area contributed by atoms with Crippen molar-refractivity contribution in [1.29, 1.82) is 0 Å². The Morgan fingerprint density at radius 3 is 2.40 bits per heavy atom. The molecule has 0 aliphatic heterocycles. The second kappa shape index (κ2) is 5.82. The zero-order valence-corrected chi connectivity index (χ0v) is 10.5. The lowest BCUT2D eigenvalue weighted by atomic mass is 10.5. The number of hydrogen-bond donors (Lipinski definition) is 1. The molecule has 1 aliphatic carbocycles. The van der Waals surface area contributed by atoms with Gasteiger partial charge < -0.3 is 5.32 Å². The molecule has 0 saturated heterocycles. The molecule has 0 heterocycles. The molecule has 0 aromatic carbocycles. The van der Waals surface area contributed by atoms with Gasteiger partial charge in [-0.05, 0) is 25.8 Å². The lowest BCUT2D eigenvalue weighted by Crippen LogP contribution is -2.37. The van der Waals surface area contributed by atoms with Gasteiger partial charge in [0.1, 0.15) is 0 Å². The van der Waals surface area contributed by atoms with Gasteiger partial charge in [0, 0.05) is 19.1 Å². The SMILES string of the molecule is CCCNCCS(=O)(=O)N(CC)C1CC1. The van der Waals surface area contributed by atoms with Gasteiger partial charge in [-0.3, -0.25) is 0 Å². The van der Waals surface area contributed by atoms with Gasteiger partial charge in [0.15, 0.2) is 0 Å². The molecule has 4 nitrogen and oxygen atoms in total. The Kier molecular flexibility index (Phi) is 5.02. The first kappa shape index (κ1) is 12.9. The molecule has 0 aromatic heterocycles. The summed E-state index contributed by atoms with van der Waals surface area (Å²) in [5, 5.41) is 3.12. The molecular weight excluding hydrogens is 212 g/mol. The van der Waals surface area contributed by atoms with E-state index in [4.69, 9.17) is 0 Å². The fraction of sp³-hybridized carbons (Fsp3) is 1.00. The van der Waals surface area contributed by atoms with Crippen LogP contribution in [-0.2, 0) is 10.0 Å². The molecule has 90 valence electrons. The summed E-state index contributed by atoms with van der Waals surface area (Å²) in [7, 11) is -3.02. The van der Waals surface area contributed by atoms with Crippen LogP contribution in [0.4, 0.5) is 0 Å². The Morgan fingerprint density at radius 2 is 1.93 bits per heavy atom. The van der Waals surface area contributed by atoms with Gasteiger partial charge >= 0.3 is 0 Å². The van der Waals surface area contributed by atoms with Crippen molar-refractivity contribution < 1.29 is 8.42 Å². The molecular formula is C10H22N2O2S. The molecule has 1 N–H and O–H groups in total. The summed E-state index contributed by atoms with van der Waals surface area (Å²) in [4.78, 5) is 0. The maximum atomic E-state index is 11.9. The second-order valence-electron chi connectivity index (χ2n) is 4.00. The van der Waals surface area contributed by atoms with Gasteiger partial charge in [-0.15, -0.1) is 0 Å². The summed E-state index contributed by atoms with van der Waals surface area (Å²) in [6, 6.07) is 0.297. The highest BCUT2D eigenvalue weighted by atomic mass is 32.2. The minimum absolute atomic E-state index is 0.233. The number of nitrogens with one attached hydrogen (secondary N) is 1. The largest absolute Gasteiger partial charge is 0.316 e. The number of hydrogen-bond acceptors (Lipinski definition) is 3. The van der Waals surface area contributed by atoms with Crippen LogP contribution in [0.25, 0.3) is 0 Å². The van der Waals surface area contributed by atoms with Crippen LogP contribution in [0.2, 0.25) is 0 Å². The quantitative estimate of drug-likeness (QED) is 0.632. The average molecular weight is 234 g/mol. The zero-order valence-electron chi connectivity index (χ0n) is 9.70. The second-order valence-corrected chi connectivity index (χ2v) is 6.04. The Hall–Kier alpha value is -0.130. The Bertz CT molecular complexity index is 273. The van der Waals surface area contributed by atoms with Crippen molar-refractivity contribution in [3.8, 4) is 0 Å². The minimum atomic E-state index is -3.02. The molecule has 0 radical (unpaired) electrons. The first-order chi connectivity index (χ1) is 7.11. The van der Waals surface area contributed by atoms with Crippen LogP contribution in [-0.4, -0.2) is 44.2 Å². The Labute approximate surface area is 93.1 Å². The molecule has 0 unspecified atom stereocenters. The van der Waals surface area contributed by atoms with Gasteiger partial charge in [0.2, 0.25) is 10.0 Å². The molecule has 0 aromatic rings. The summed E-state index contributed by atoms with van der Waals surface area (Å²) in [5.41, 5.74) is 0. The van der Waals surface area contributed by atoms with E-state index in [-0.39, 0.29) is 5.75 Å². The Morgan fingerprint density at radius 1 is 1.27 bits per heavy atom. The summed E-state index contributed by atoms with van der Waals surface area (Å²) in [6.45, 7) is 6.06. The van der Waals surface area contributed by atoms with E-state index < -0.39 is 10.0 Å². The first-order valence-electron chi connectivity index (χ1n) is 5.82. The van der Waals surface area contributed by atoms with Crippen LogP contribution in [0.5, 0.6) is 0 Å². The van der Waals surface area contributed by atoms with E-state index in [0.29, 0.717) is 19.1 Å². The van der Waals surface area contributed by atoms with E-state index in [1.54, 1.807) is 4.31 Å². The van der Waals surface area contributed by atoms with Crippen LogP contribution in [0.3, 0.4) is 0 Å². The molecule has 0 bridgehead atoms. The molecule has 1 fully saturated rings. The zero-order chi connectivity index (χ0) is 11.3. The summed E-state index contributed by atoms with van der Waals surface area (Å²) < 4.78 is 25.4. The molecule has 0 atom stereocenters. The van der Waals surface area contributed by atoms with Crippen molar-refractivity contribution in [2.24, 2.45) is 0 Å². The molecule has 5 heteroatoms. The summed E-state index contributed by atoms with van der Waals surface area (Å²) >= 11 is 0. The fourth-order valence-corrected chi connectivity index (χ4v) is 3.36. The maximum Gasteiger partial charge on any atom is 0.215 e. The van der Waals surface area contributed by atoms with Crippen LogP contribution in [0, 0.1) is 0 Å². The van der Waals surface area contributed by atoms with E-state index in [1.165, 1.54) is 0 Å². The predicted molar refractivity (Wildman–Crippen MR) is 62.3 cm³/mol. The summed E-state index contributed by atoms with van der Waals surface area (Å²) in [5.74, 6) is 0.233. The summed E-state index contributed by atoms with van der Waals surface area (Å²) in [6.07, 6.45) is 3.12. The van der Waals surface area contributed by atoms with Gasteiger partial charge in [-0.2, -0.15) is 4.31 Å². The van der Waals surface area contributed by atoms with Crippen molar-refractivity contribution in [2.45, 2.75) is 39.2 Å². The lowest BCUT2D eigenvalue weighted by Gasteiger charge is -2.19. The highest BCUT2D eigenvalue weighted by Crippen LogP contribution is 2.28. The maximum absolute atomic E-state index is 11.9. The Balaban J connectivity index is 2.35. The normalized spacial score (nSPS) is 17.3. The van der Waals surface area contributed by atoms with Crippen molar-refractivity contribution >= 4 is 10.0 Å². The van der Waals surface area contributed by atoms with Crippen LogP contribution in [0.1, 0.15) is 33.1 Å². The molecule has 15 heavy (non-hydrogen) atoms. The average Bonchev–Trinajstić information content (AvgIpc) is 2.97. The number of nitrogens with zero attached hydrogens (tertiary/aromatic N) is 1. The molecule has 1 aliphatic rings. The third-order valence-electron chi connectivity index (χ3n) is 2.59. The lowest BCUT2D eigenvalue weighted by molar-refractivity contribution is 0.420. The predicted octanol–water partition coefficient (Wildman–Crippen LogP) is 0.800. The van der Waals surface area contributed by atoms with Crippen molar-refractivity contribution in [3.63, 3.8) is 0 Å². The molecule has 1 rings (SSSR count). The van der Waals surface area contributed by atoms with Crippen molar-refractivity contribution in [1.82, 2.24) is 9.62 Å². The van der Waals surface area contributed by atoms with Gasteiger partial charge in [-0.1, -0.05) is 13.8 Å². The number of sulfonamides is 1. The molecule has 0 amide bonds. The van der Waals surface area contributed by atoms with Crippen molar-refractivity contribution in [2.75, 3.05) is 25.4 Å². The van der Waals surface area contributed by atoms with Crippen LogP contribution >= 0.6 is 0 Å². The third-order valence-corrected chi connectivity index (χ3v) is 4.58. The van der Waals surface area contributed by atoms with E-state index in [2.05, 4.69) is 12.2 Å². The van der Waals surface area contributed by atoms with E-state index in [9.17, 15) is 8.42 Å². The topological polar surface area (TPSA) is 49.4 Å². The smallest absolute Gasteiger partial charge is 0.215 e. The van der Waals surface area contributed by atoms with Crippen molar-refractivity contribution in [3.05, 3.63) is 0 Å². The van der Waals surface area contributed by atoms with Crippen LogP contribution in [0.15, 0.2) is 0 Å². The standard InChI is InChI=1S/C10H22N2O2S/c1-3-7-11-8-9-15(13,14)12(4-2)10-5-6-10/h10-11H,3-9H2,1-2H3. The molecule has 1 saturated carbocycles. The van der Waals surface area contributed by atoms with E-state index in [0.717, 1.165) is 25.8 Å². The first-order valence-corrected chi connectivity index (χ1v) is 7.43. The minimum Gasteiger partial charge on any atom is -0.316 e. The fourth-order valence-electron chi connectivity index (χ4n) is 1.66. The van der Waals surface area contributed by atoms with Gasteiger partial charge in [-0.25, -0.2) is 8.42 Å². The van der Waals surface area contributed by atoms with E-state index >= 15 is 0 Å². The van der Waals surface area contributed by atoms with Gasteiger partial charge in [0.25, 0.3) is 0 Å². The van der Waals surface area contributed by atoms with Crippen LogP contribution < -0.4 is 5.32 Å². The monoisotopic (exact) mass is 234 g/mol. The highest BCUT2D eigenvalue weighted by Gasteiger charge is 2.35. The number of rotatable bonds is 8. The third kappa shape index (κ3) is 4.09. The molecule has 0 spiro atoms. The van der Waals surface area contributed by atoms with E-state index in [1.807, 2.05) is 6.92 Å².